The highest BCUT2D eigenvalue weighted by atomic mass is 16.5. The molecule has 0 bridgehead atoms. The molecule has 0 heterocycles. The van der Waals surface area contributed by atoms with Crippen LogP contribution in [0.25, 0.3) is 0 Å². The standard InChI is InChI=1S/C31H40N2O12/c1-3-12-43-14-15-44-13-11-32-30(41)24(19-28(38)39)17-26(35)25(33-31(42)23(16-21(2)34)18-27(36)37)9-10-29(40)45-20-22-7-5-4-6-8-22/h1,4-8,23-25H,9-20H2,2H3,(H,32,41)(H,33,42)(H,36,37)(H,38,39)/t23-,24-,25+/m0/s1. The fraction of sp³-hybridized carbons (Fsp3) is 0.516. The highest BCUT2D eigenvalue weighted by molar-refractivity contribution is 5.95. The topological polar surface area (TPSA) is 212 Å². The van der Waals surface area contributed by atoms with Crippen molar-refractivity contribution >= 4 is 41.3 Å². The Kier molecular flexibility index (Phi) is 18.8. The highest BCUT2D eigenvalue weighted by Gasteiger charge is 2.32. The molecular formula is C31H40N2O12. The van der Waals surface area contributed by atoms with E-state index < -0.39 is 84.8 Å². The SMILES string of the molecule is C#CCOCCOCCNC(=O)[C@H](CC(=O)O)CC(=O)[C@@H](CCC(=O)OCc1ccccc1)NC(=O)[C@@H](CC(C)=O)CC(=O)O. The first-order chi connectivity index (χ1) is 21.4. The molecule has 45 heavy (non-hydrogen) atoms. The molecule has 0 fully saturated rings. The van der Waals surface area contributed by atoms with Crippen molar-refractivity contribution < 1.29 is 58.0 Å². The fourth-order valence-corrected chi connectivity index (χ4v) is 4.09. The van der Waals surface area contributed by atoms with Gasteiger partial charge in [0.2, 0.25) is 11.8 Å². The van der Waals surface area contributed by atoms with Crippen LogP contribution in [0.3, 0.4) is 0 Å². The number of esters is 1. The lowest BCUT2D eigenvalue weighted by Gasteiger charge is -2.23. The van der Waals surface area contributed by atoms with Gasteiger partial charge in [0.05, 0.1) is 50.5 Å². The first-order valence-corrected chi connectivity index (χ1v) is 14.2. The predicted octanol–water partition coefficient (Wildman–Crippen LogP) is 0.898. The quantitative estimate of drug-likeness (QED) is 0.0711. The Balaban J connectivity index is 2.95. The molecule has 0 saturated heterocycles. The number of hydrogen-bond donors (Lipinski definition) is 4. The van der Waals surface area contributed by atoms with Gasteiger partial charge in [-0.2, -0.15) is 0 Å². The average Bonchev–Trinajstić information content (AvgIpc) is 2.98. The zero-order valence-corrected chi connectivity index (χ0v) is 25.2. The molecule has 1 rings (SSSR count). The van der Waals surface area contributed by atoms with E-state index in [-0.39, 0.29) is 52.4 Å². The van der Waals surface area contributed by atoms with E-state index in [4.69, 9.17) is 20.6 Å². The van der Waals surface area contributed by atoms with E-state index in [0.717, 1.165) is 5.56 Å². The van der Waals surface area contributed by atoms with Gasteiger partial charge in [0.1, 0.15) is 19.0 Å². The Morgan fingerprint density at radius 3 is 2.07 bits per heavy atom. The summed E-state index contributed by atoms with van der Waals surface area (Å²) in [4.78, 5) is 86.0. The maximum absolute atomic E-state index is 13.4. The third-order valence-corrected chi connectivity index (χ3v) is 6.25. The maximum atomic E-state index is 13.4. The van der Waals surface area contributed by atoms with E-state index in [1.54, 1.807) is 30.3 Å². The van der Waals surface area contributed by atoms with Crippen LogP contribution in [0, 0.1) is 24.2 Å². The summed E-state index contributed by atoms with van der Waals surface area (Å²) in [5, 5.41) is 23.4. The fourth-order valence-electron chi connectivity index (χ4n) is 4.09. The number of benzene rings is 1. The number of carboxylic acids is 2. The van der Waals surface area contributed by atoms with Crippen LogP contribution in [-0.2, 0) is 54.4 Å². The summed E-state index contributed by atoms with van der Waals surface area (Å²) >= 11 is 0. The molecule has 4 N–H and O–H groups in total. The molecule has 2 amide bonds. The molecule has 1 aromatic rings. The van der Waals surface area contributed by atoms with Gasteiger partial charge in [-0.3, -0.25) is 28.8 Å². The molecule has 0 radical (unpaired) electrons. The van der Waals surface area contributed by atoms with Crippen LogP contribution in [0.2, 0.25) is 0 Å². The first-order valence-electron chi connectivity index (χ1n) is 14.2. The molecule has 0 unspecified atom stereocenters. The lowest BCUT2D eigenvalue weighted by Crippen LogP contribution is -2.46. The number of nitrogens with one attached hydrogen (secondary N) is 2. The monoisotopic (exact) mass is 632 g/mol. The summed E-state index contributed by atoms with van der Waals surface area (Å²) in [5.74, 6) is -6.58. The Bertz CT molecular complexity index is 1180. The predicted molar refractivity (Wildman–Crippen MR) is 157 cm³/mol. The number of ketones is 2. The van der Waals surface area contributed by atoms with Gasteiger partial charge >= 0.3 is 17.9 Å². The molecule has 0 aliphatic heterocycles. The summed E-state index contributed by atoms with van der Waals surface area (Å²) in [7, 11) is 0. The van der Waals surface area contributed by atoms with Gasteiger partial charge in [0.15, 0.2) is 5.78 Å². The minimum absolute atomic E-state index is 0.00756. The van der Waals surface area contributed by atoms with Crippen LogP contribution in [0.4, 0.5) is 0 Å². The van der Waals surface area contributed by atoms with Crippen molar-refractivity contribution in [1.29, 1.82) is 0 Å². The number of amides is 2. The number of ether oxygens (including phenoxy) is 3. The lowest BCUT2D eigenvalue weighted by molar-refractivity contribution is -0.145. The number of carbonyl (C=O) groups is 7. The van der Waals surface area contributed by atoms with E-state index in [2.05, 4.69) is 16.6 Å². The lowest BCUT2D eigenvalue weighted by atomic mass is 9.92. The number of carboxylic acid groups (broad SMARTS) is 2. The number of Topliss-reactive ketones (excluding diaryl/α,β-unsaturated/α-hetero) is 2. The van der Waals surface area contributed by atoms with Crippen LogP contribution in [0.1, 0.15) is 51.0 Å². The summed E-state index contributed by atoms with van der Waals surface area (Å²) in [6.07, 6.45) is 2.05. The average molecular weight is 633 g/mol. The molecule has 0 aromatic heterocycles. The zero-order chi connectivity index (χ0) is 33.6. The zero-order valence-electron chi connectivity index (χ0n) is 25.2. The van der Waals surface area contributed by atoms with Gasteiger partial charge in [0, 0.05) is 25.8 Å². The first kappa shape index (κ1) is 38.4. The number of terminal acetylenes is 1. The number of aliphatic carboxylic acids is 2. The second-order valence-corrected chi connectivity index (χ2v) is 10.1. The van der Waals surface area contributed by atoms with E-state index in [1.807, 2.05) is 0 Å². The van der Waals surface area contributed by atoms with E-state index >= 15 is 0 Å². The summed E-state index contributed by atoms with van der Waals surface area (Å²) < 4.78 is 15.6. The number of carbonyl (C=O) groups excluding carboxylic acids is 5. The van der Waals surface area contributed by atoms with Gasteiger partial charge in [-0.15, -0.1) is 6.42 Å². The minimum atomic E-state index is -1.40. The molecule has 0 aliphatic rings. The highest BCUT2D eigenvalue weighted by Crippen LogP contribution is 2.16. The molecule has 14 nitrogen and oxygen atoms in total. The van der Waals surface area contributed by atoms with Crippen molar-refractivity contribution in [3.8, 4) is 12.3 Å². The molecular weight excluding hydrogens is 592 g/mol. The van der Waals surface area contributed by atoms with Crippen LogP contribution >= 0.6 is 0 Å². The molecule has 0 spiro atoms. The third kappa shape index (κ3) is 17.9. The van der Waals surface area contributed by atoms with Crippen LogP contribution in [-0.4, -0.2) is 90.5 Å². The molecule has 3 atom stereocenters. The third-order valence-electron chi connectivity index (χ3n) is 6.25. The molecule has 14 heteroatoms. The minimum Gasteiger partial charge on any atom is -0.481 e. The van der Waals surface area contributed by atoms with Crippen molar-refractivity contribution in [2.45, 2.75) is 58.1 Å². The van der Waals surface area contributed by atoms with Gasteiger partial charge in [-0.25, -0.2) is 0 Å². The van der Waals surface area contributed by atoms with Crippen molar-refractivity contribution in [2.75, 3.05) is 33.0 Å². The van der Waals surface area contributed by atoms with Gasteiger partial charge in [-0.05, 0) is 18.9 Å². The largest absolute Gasteiger partial charge is 0.481 e. The summed E-state index contributed by atoms with van der Waals surface area (Å²) in [5.41, 5.74) is 0.720. The summed E-state index contributed by atoms with van der Waals surface area (Å²) in [6, 6.07) is 7.39. The van der Waals surface area contributed by atoms with Gasteiger partial charge < -0.3 is 39.9 Å². The van der Waals surface area contributed by atoms with Crippen molar-refractivity contribution in [1.82, 2.24) is 10.6 Å². The van der Waals surface area contributed by atoms with Gasteiger partial charge in [0.25, 0.3) is 0 Å². The van der Waals surface area contributed by atoms with Crippen molar-refractivity contribution in [2.24, 2.45) is 11.8 Å². The Morgan fingerprint density at radius 1 is 0.844 bits per heavy atom. The Hall–Kier alpha value is -4.61. The van der Waals surface area contributed by atoms with E-state index in [0.29, 0.717) is 0 Å². The normalized spacial score (nSPS) is 12.5. The Morgan fingerprint density at radius 2 is 1.47 bits per heavy atom. The number of hydrogen-bond acceptors (Lipinski definition) is 10. The van der Waals surface area contributed by atoms with Gasteiger partial charge in [-0.1, -0.05) is 36.3 Å². The van der Waals surface area contributed by atoms with E-state index in [1.165, 1.54) is 6.92 Å². The van der Waals surface area contributed by atoms with Crippen molar-refractivity contribution in [3.63, 3.8) is 0 Å². The molecule has 0 saturated carbocycles. The Labute approximate surface area is 261 Å². The molecule has 246 valence electrons. The smallest absolute Gasteiger partial charge is 0.306 e. The summed E-state index contributed by atoms with van der Waals surface area (Å²) in [6.45, 7) is 1.79. The maximum Gasteiger partial charge on any atom is 0.306 e. The van der Waals surface area contributed by atoms with Crippen LogP contribution < -0.4 is 10.6 Å². The van der Waals surface area contributed by atoms with E-state index in [9.17, 15) is 43.8 Å². The van der Waals surface area contributed by atoms with Crippen LogP contribution in [0.15, 0.2) is 30.3 Å². The number of rotatable bonds is 24. The molecule has 1 aromatic carbocycles. The van der Waals surface area contributed by atoms with Crippen molar-refractivity contribution in [3.05, 3.63) is 35.9 Å². The second kappa shape index (κ2) is 22.0. The second-order valence-electron chi connectivity index (χ2n) is 10.1. The molecule has 0 aliphatic carbocycles. The van der Waals surface area contributed by atoms with Crippen LogP contribution in [0.5, 0.6) is 0 Å².